The van der Waals surface area contributed by atoms with E-state index >= 15 is 0 Å². The molecule has 2 N–H and O–H groups in total. The zero-order valence-corrected chi connectivity index (χ0v) is 14.9. The summed E-state index contributed by atoms with van der Waals surface area (Å²) in [6, 6.07) is 17.9. The number of rotatable bonds is 4. The van der Waals surface area contributed by atoms with Crippen molar-refractivity contribution in [2.75, 3.05) is 19.8 Å². The number of benzene rings is 2. The Kier molecular flexibility index (Phi) is 4.55. The molecule has 0 aromatic heterocycles. The van der Waals surface area contributed by atoms with Crippen molar-refractivity contribution in [3.05, 3.63) is 71.3 Å². The third-order valence-corrected chi connectivity index (χ3v) is 5.98. The number of ether oxygens (including phenoxy) is 1. The first-order valence-electron chi connectivity index (χ1n) is 9.36. The number of hydrogen-bond donors (Lipinski definition) is 2. The normalized spacial score (nSPS) is 24.0. The van der Waals surface area contributed by atoms with Crippen LogP contribution in [0.15, 0.2) is 54.6 Å². The van der Waals surface area contributed by atoms with Gasteiger partial charge in [-0.3, -0.25) is 4.79 Å². The minimum absolute atomic E-state index is 0.00944. The van der Waals surface area contributed by atoms with Crippen molar-refractivity contribution < 1.29 is 14.6 Å². The summed E-state index contributed by atoms with van der Waals surface area (Å²) in [7, 11) is 0. The van der Waals surface area contributed by atoms with E-state index in [1.807, 2.05) is 48.5 Å². The van der Waals surface area contributed by atoms with Crippen molar-refractivity contribution in [3.8, 4) is 0 Å². The van der Waals surface area contributed by atoms with E-state index in [0.717, 1.165) is 17.5 Å². The molecule has 0 radical (unpaired) electrons. The molecule has 4 rings (SSSR count). The molecule has 1 atom stereocenters. The van der Waals surface area contributed by atoms with Gasteiger partial charge in [0.15, 0.2) is 0 Å². The molecule has 26 heavy (non-hydrogen) atoms. The number of fused-ring (bicyclic) bond motifs is 1. The van der Waals surface area contributed by atoms with Gasteiger partial charge in [0, 0.05) is 13.2 Å². The largest absolute Gasteiger partial charge is 0.383 e. The Hall–Kier alpha value is -2.17. The van der Waals surface area contributed by atoms with Crippen LogP contribution in [0.4, 0.5) is 0 Å². The van der Waals surface area contributed by atoms with Crippen molar-refractivity contribution >= 4 is 5.91 Å². The van der Waals surface area contributed by atoms with Gasteiger partial charge < -0.3 is 15.2 Å². The summed E-state index contributed by atoms with van der Waals surface area (Å²) in [6.45, 7) is 1.41. The van der Waals surface area contributed by atoms with E-state index in [0.29, 0.717) is 32.5 Å². The summed E-state index contributed by atoms with van der Waals surface area (Å²) in [5.74, 6) is -0.00944. The van der Waals surface area contributed by atoms with Crippen LogP contribution in [0.25, 0.3) is 0 Å². The lowest BCUT2D eigenvalue weighted by Gasteiger charge is -2.37. The van der Waals surface area contributed by atoms with Gasteiger partial charge in [-0.25, -0.2) is 0 Å². The van der Waals surface area contributed by atoms with Gasteiger partial charge in [-0.2, -0.15) is 0 Å². The summed E-state index contributed by atoms with van der Waals surface area (Å²) in [6.07, 6.45) is 2.82. The molecule has 1 fully saturated rings. The molecule has 1 aliphatic carbocycles. The first-order chi connectivity index (χ1) is 12.6. The van der Waals surface area contributed by atoms with Crippen LogP contribution < -0.4 is 5.32 Å². The molecule has 0 spiro atoms. The highest BCUT2D eigenvalue weighted by molar-refractivity contribution is 5.88. The van der Waals surface area contributed by atoms with Crippen LogP contribution in [0.2, 0.25) is 0 Å². The maximum Gasteiger partial charge on any atom is 0.230 e. The van der Waals surface area contributed by atoms with Crippen LogP contribution in [0.3, 0.4) is 0 Å². The lowest BCUT2D eigenvalue weighted by Crippen LogP contribution is -2.51. The third kappa shape index (κ3) is 2.93. The summed E-state index contributed by atoms with van der Waals surface area (Å²) in [4.78, 5) is 13.3. The number of nitrogens with one attached hydrogen (secondary N) is 1. The second kappa shape index (κ2) is 6.86. The standard InChI is InChI=1S/C22H25NO3/c24-20(21(12-14-26-15-13-21)18-7-2-1-3-8-18)23-16-22(25)11-10-17-6-4-5-9-19(17)22/h1-9,25H,10-16H2,(H,23,24). The average molecular weight is 351 g/mol. The van der Waals surface area contributed by atoms with Crippen molar-refractivity contribution in [3.63, 3.8) is 0 Å². The molecule has 2 aromatic rings. The number of carbonyl (C=O) groups excluding carboxylic acids is 1. The van der Waals surface area contributed by atoms with Crippen molar-refractivity contribution in [1.29, 1.82) is 0 Å². The number of hydrogen-bond acceptors (Lipinski definition) is 3. The van der Waals surface area contributed by atoms with Crippen LogP contribution in [-0.4, -0.2) is 30.8 Å². The van der Waals surface area contributed by atoms with Crippen LogP contribution >= 0.6 is 0 Å². The van der Waals surface area contributed by atoms with E-state index in [1.54, 1.807) is 0 Å². The van der Waals surface area contributed by atoms with E-state index < -0.39 is 11.0 Å². The minimum atomic E-state index is -0.977. The molecule has 1 aliphatic heterocycles. The van der Waals surface area contributed by atoms with Gasteiger partial charge in [0.25, 0.3) is 0 Å². The van der Waals surface area contributed by atoms with Gasteiger partial charge in [-0.05, 0) is 42.4 Å². The Labute approximate surface area is 154 Å². The van der Waals surface area contributed by atoms with E-state index in [2.05, 4.69) is 11.4 Å². The maximum atomic E-state index is 13.3. The second-order valence-corrected chi connectivity index (χ2v) is 7.43. The fourth-order valence-electron chi connectivity index (χ4n) is 4.37. The predicted molar refractivity (Wildman–Crippen MR) is 99.8 cm³/mol. The topological polar surface area (TPSA) is 58.6 Å². The SMILES string of the molecule is O=C(NCC1(O)CCc2ccccc21)C1(c2ccccc2)CCOCC1. The summed E-state index contributed by atoms with van der Waals surface area (Å²) in [5, 5.41) is 14.2. The van der Waals surface area contributed by atoms with Crippen molar-refractivity contribution in [1.82, 2.24) is 5.32 Å². The summed E-state index contributed by atoms with van der Waals surface area (Å²) in [5.41, 5.74) is 1.59. The van der Waals surface area contributed by atoms with Crippen LogP contribution in [0.5, 0.6) is 0 Å². The first-order valence-corrected chi connectivity index (χ1v) is 9.36. The quantitative estimate of drug-likeness (QED) is 0.890. The summed E-state index contributed by atoms with van der Waals surface area (Å²) >= 11 is 0. The van der Waals surface area contributed by atoms with Crippen LogP contribution in [-0.2, 0) is 27.0 Å². The highest BCUT2D eigenvalue weighted by atomic mass is 16.5. The zero-order chi connectivity index (χ0) is 18.0. The highest BCUT2D eigenvalue weighted by Crippen LogP contribution is 2.38. The van der Waals surface area contributed by atoms with Gasteiger partial charge in [0.1, 0.15) is 5.60 Å². The van der Waals surface area contributed by atoms with Crippen LogP contribution in [0.1, 0.15) is 36.0 Å². The second-order valence-electron chi connectivity index (χ2n) is 7.43. The molecule has 1 unspecified atom stereocenters. The monoisotopic (exact) mass is 351 g/mol. The maximum absolute atomic E-state index is 13.3. The molecule has 1 saturated heterocycles. The van der Waals surface area contributed by atoms with Gasteiger partial charge in [0.2, 0.25) is 5.91 Å². The summed E-state index contributed by atoms with van der Waals surface area (Å²) < 4.78 is 5.51. The molecular weight excluding hydrogens is 326 g/mol. The minimum Gasteiger partial charge on any atom is -0.383 e. The average Bonchev–Trinajstić information content (AvgIpc) is 3.05. The molecule has 2 aliphatic rings. The molecular formula is C22H25NO3. The van der Waals surface area contributed by atoms with Gasteiger partial charge in [0.05, 0.1) is 12.0 Å². The Morgan fingerprint density at radius 2 is 1.69 bits per heavy atom. The molecule has 0 saturated carbocycles. The smallest absolute Gasteiger partial charge is 0.230 e. The van der Waals surface area contributed by atoms with Crippen molar-refractivity contribution in [2.24, 2.45) is 0 Å². The fourth-order valence-corrected chi connectivity index (χ4v) is 4.37. The van der Waals surface area contributed by atoms with E-state index in [9.17, 15) is 9.90 Å². The molecule has 1 amide bonds. The third-order valence-electron chi connectivity index (χ3n) is 5.98. The Morgan fingerprint density at radius 1 is 1.00 bits per heavy atom. The Balaban J connectivity index is 1.55. The van der Waals surface area contributed by atoms with Crippen molar-refractivity contribution in [2.45, 2.75) is 36.7 Å². The number of aryl methyl sites for hydroxylation is 1. The highest BCUT2D eigenvalue weighted by Gasteiger charge is 2.43. The van der Waals surface area contributed by atoms with Gasteiger partial charge in [-0.15, -0.1) is 0 Å². The fraction of sp³-hybridized carbons (Fsp3) is 0.409. The molecule has 4 heteroatoms. The molecule has 2 aromatic carbocycles. The molecule has 0 bridgehead atoms. The first kappa shape index (κ1) is 17.3. The van der Waals surface area contributed by atoms with Gasteiger partial charge in [-0.1, -0.05) is 54.6 Å². The molecule has 136 valence electrons. The zero-order valence-electron chi connectivity index (χ0n) is 14.9. The number of amides is 1. The van der Waals surface area contributed by atoms with E-state index in [-0.39, 0.29) is 12.5 Å². The lowest BCUT2D eigenvalue weighted by molar-refractivity contribution is -0.131. The van der Waals surface area contributed by atoms with Gasteiger partial charge >= 0.3 is 0 Å². The number of carbonyl (C=O) groups is 1. The molecule has 1 heterocycles. The molecule has 4 nitrogen and oxygen atoms in total. The lowest BCUT2D eigenvalue weighted by atomic mass is 9.73. The van der Waals surface area contributed by atoms with Crippen LogP contribution in [0, 0.1) is 0 Å². The number of aliphatic hydroxyl groups is 1. The predicted octanol–water partition coefficient (Wildman–Crippen LogP) is 2.69. The van der Waals surface area contributed by atoms with E-state index in [4.69, 9.17) is 4.74 Å². The Bertz CT molecular complexity index is 783. The van der Waals surface area contributed by atoms with E-state index in [1.165, 1.54) is 5.56 Å². The Morgan fingerprint density at radius 3 is 2.46 bits per heavy atom.